The zero-order valence-corrected chi connectivity index (χ0v) is 22.6. The fourth-order valence-electron chi connectivity index (χ4n) is 8.43. The number of aliphatic hydroxyl groups is 3. The number of rotatable bonds is 2. The molecule has 2 saturated carbocycles. The van der Waals surface area contributed by atoms with Crippen molar-refractivity contribution in [1.29, 1.82) is 0 Å². The molecule has 1 aromatic carbocycles. The molecule has 4 aliphatic rings. The number of phenols is 1. The number of fused-ring (bicyclic) bond motifs is 6. The predicted octanol–water partition coefficient (Wildman–Crippen LogP) is 3.00. The van der Waals surface area contributed by atoms with Gasteiger partial charge < -0.3 is 35.5 Å². The van der Waals surface area contributed by atoms with E-state index in [1.54, 1.807) is 10.6 Å². The summed E-state index contributed by atoms with van der Waals surface area (Å²) >= 11 is 0. The zero-order chi connectivity index (χ0) is 27.8. The zero-order valence-electron chi connectivity index (χ0n) is 22.6. The molecule has 0 spiro atoms. The Labute approximate surface area is 233 Å². The van der Waals surface area contributed by atoms with Gasteiger partial charge in [-0.1, -0.05) is 24.8 Å². The molecule has 3 fully saturated rings. The number of aryl methyl sites for hydroxylation is 1. The van der Waals surface area contributed by atoms with Gasteiger partial charge in [0, 0.05) is 18.0 Å². The van der Waals surface area contributed by atoms with Crippen molar-refractivity contribution in [2.24, 2.45) is 17.3 Å². The molecule has 0 amide bonds. The molecule has 1 aliphatic heterocycles. The minimum atomic E-state index is -1.14. The normalized spacial score (nSPS) is 36.5. The Bertz CT molecular complexity index is 1540. The number of aromatic nitrogens is 3. The van der Waals surface area contributed by atoms with Crippen molar-refractivity contribution in [2.45, 2.75) is 81.8 Å². The Hall–Kier alpha value is -3.16. The molecule has 0 radical (unpaired) electrons. The number of aromatic hydroxyl groups is 1. The van der Waals surface area contributed by atoms with E-state index in [0.717, 1.165) is 32.1 Å². The van der Waals surface area contributed by atoms with Crippen LogP contribution >= 0.6 is 0 Å². The predicted molar refractivity (Wildman–Crippen MR) is 148 cm³/mol. The van der Waals surface area contributed by atoms with Gasteiger partial charge in [0.15, 0.2) is 0 Å². The molecule has 9 heteroatoms. The van der Waals surface area contributed by atoms with Gasteiger partial charge in [-0.25, -0.2) is 9.97 Å². The lowest BCUT2D eigenvalue weighted by Crippen LogP contribution is -2.50. The Morgan fingerprint density at radius 1 is 1.20 bits per heavy atom. The Morgan fingerprint density at radius 2 is 2.05 bits per heavy atom. The van der Waals surface area contributed by atoms with Crippen LogP contribution in [0.1, 0.15) is 74.3 Å². The summed E-state index contributed by atoms with van der Waals surface area (Å²) in [5.41, 5.74) is 8.59. The fraction of sp³-hybridized carbons (Fsp3) is 0.548. The third-order valence-electron chi connectivity index (χ3n) is 10.6. The van der Waals surface area contributed by atoms with Crippen LogP contribution in [-0.2, 0) is 11.2 Å². The molecule has 3 aromatic rings. The van der Waals surface area contributed by atoms with E-state index >= 15 is 0 Å². The first-order valence-corrected chi connectivity index (χ1v) is 14.3. The highest BCUT2D eigenvalue weighted by Gasteiger charge is 2.61. The number of benzene rings is 1. The second kappa shape index (κ2) is 9.18. The highest BCUT2D eigenvalue weighted by molar-refractivity contribution is 5.92. The lowest BCUT2D eigenvalue weighted by molar-refractivity contribution is -0.0647. The van der Waals surface area contributed by atoms with Gasteiger partial charge in [0.2, 0.25) is 0 Å². The summed E-state index contributed by atoms with van der Waals surface area (Å²) in [5, 5.41) is 42.6. The van der Waals surface area contributed by atoms with Crippen molar-refractivity contribution in [2.75, 3.05) is 12.3 Å². The maximum absolute atomic E-state index is 12.1. The van der Waals surface area contributed by atoms with Crippen LogP contribution in [0.5, 0.6) is 5.75 Å². The molecule has 7 rings (SSSR count). The molecule has 1 saturated heterocycles. The maximum atomic E-state index is 12.1. The number of hydrogen-bond acceptors (Lipinski definition) is 8. The topological polar surface area (TPSA) is 147 Å². The first kappa shape index (κ1) is 25.8. The van der Waals surface area contributed by atoms with Gasteiger partial charge in [0.05, 0.1) is 23.7 Å². The van der Waals surface area contributed by atoms with E-state index in [2.05, 4.69) is 34.8 Å². The molecule has 9 nitrogen and oxygen atoms in total. The summed E-state index contributed by atoms with van der Waals surface area (Å²) in [6.07, 6.45) is 6.96. The van der Waals surface area contributed by atoms with Gasteiger partial charge in [-0.2, -0.15) is 0 Å². The molecule has 0 bridgehead atoms. The van der Waals surface area contributed by atoms with Crippen molar-refractivity contribution in [1.82, 2.24) is 14.5 Å². The number of nitrogens with two attached hydrogens (primary N) is 1. The van der Waals surface area contributed by atoms with Crippen LogP contribution in [0.15, 0.2) is 30.7 Å². The summed E-state index contributed by atoms with van der Waals surface area (Å²) in [6.45, 7) is 1.94. The number of phenolic OH excluding ortho intramolecular Hbond substituents is 1. The van der Waals surface area contributed by atoms with E-state index in [-0.39, 0.29) is 12.0 Å². The van der Waals surface area contributed by atoms with E-state index in [9.17, 15) is 20.4 Å². The maximum Gasteiger partial charge on any atom is 0.148 e. The summed E-state index contributed by atoms with van der Waals surface area (Å²) in [5.74, 6) is 8.51. The summed E-state index contributed by atoms with van der Waals surface area (Å²) in [7, 11) is 0. The number of nitrogen functional groups attached to an aromatic ring is 1. The minimum Gasteiger partial charge on any atom is -0.508 e. The van der Waals surface area contributed by atoms with E-state index in [1.807, 2.05) is 12.3 Å². The van der Waals surface area contributed by atoms with E-state index in [4.69, 9.17) is 10.5 Å². The SMILES string of the molecule is C[C@]12CC[C@@H]3c4ccc(O)cc4CC[C@H]3[C@@H]1CC[C@@]2(O)C#Cc1cn([C@H]2C[C@H](O)[C@@H](CO)O2)c2ncnc(N)c12. The van der Waals surface area contributed by atoms with Crippen molar-refractivity contribution >= 4 is 16.9 Å². The van der Waals surface area contributed by atoms with Gasteiger partial charge in [0.1, 0.15) is 41.5 Å². The van der Waals surface area contributed by atoms with Crippen LogP contribution in [0.2, 0.25) is 0 Å². The largest absolute Gasteiger partial charge is 0.508 e. The average Bonchev–Trinajstić information content (AvgIpc) is 3.59. The Morgan fingerprint density at radius 3 is 2.85 bits per heavy atom. The standard InChI is InChI=1S/C31H36N4O5/c1-30-9-7-21-20-5-3-19(37)12-17(20)2-4-22(21)23(30)8-11-31(30,39)10-6-18-14-35(26-13-24(38)25(15-36)40-26)29-27(18)28(32)33-16-34-29/h3,5,12,14,16,21-26,36-39H,2,4,7-9,11,13,15H2,1H3,(H2,32,33,34)/t21-,22-,23+,24+,25-,26-,30+,31+/m1/s1. The Kier molecular flexibility index (Phi) is 5.92. The van der Waals surface area contributed by atoms with Crippen LogP contribution in [0, 0.1) is 29.1 Å². The van der Waals surface area contributed by atoms with Gasteiger partial charge >= 0.3 is 0 Å². The third kappa shape index (κ3) is 3.70. The Balaban J connectivity index is 1.22. The van der Waals surface area contributed by atoms with E-state index in [1.165, 1.54) is 17.5 Å². The fourth-order valence-corrected chi connectivity index (χ4v) is 8.43. The van der Waals surface area contributed by atoms with Crippen LogP contribution in [0.3, 0.4) is 0 Å². The van der Waals surface area contributed by atoms with Gasteiger partial charge in [-0.05, 0) is 79.5 Å². The highest BCUT2D eigenvalue weighted by atomic mass is 16.5. The lowest BCUT2D eigenvalue weighted by Gasteiger charge is -2.52. The molecular weight excluding hydrogens is 508 g/mol. The smallest absolute Gasteiger partial charge is 0.148 e. The summed E-state index contributed by atoms with van der Waals surface area (Å²) < 4.78 is 7.68. The minimum absolute atomic E-state index is 0.274. The van der Waals surface area contributed by atoms with Crippen LogP contribution in [0.4, 0.5) is 5.82 Å². The average molecular weight is 545 g/mol. The van der Waals surface area contributed by atoms with Crippen LogP contribution in [-0.4, -0.2) is 59.4 Å². The first-order chi connectivity index (χ1) is 19.2. The summed E-state index contributed by atoms with van der Waals surface area (Å²) in [4.78, 5) is 8.61. The molecule has 6 N–H and O–H groups in total. The molecular formula is C31H36N4O5. The molecule has 2 aromatic heterocycles. The van der Waals surface area contributed by atoms with Crippen LogP contribution in [0.25, 0.3) is 11.0 Å². The quantitative estimate of drug-likeness (QED) is 0.310. The highest BCUT2D eigenvalue weighted by Crippen LogP contribution is 2.64. The monoisotopic (exact) mass is 544 g/mol. The number of ether oxygens (including phenoxy) is 1. The van der Waals surface area contributed by atoms with Crippen molar-refractivity contribution in [3.8, 4) is 17.6 Å². The molecule has 3 aliphatic carbocycles. The van der Waals surface area contributed by atoms with Crippen LogP contribution < -0.4 is 5.73 Å². The van der Waals surface area contributed by atoms with Gasteiger partial charge in [-0.3, -0.25) is 0 Å². The van der Waals surface area contributed by atoms with Crippen molar-refractivity contribution in [3.05, 3.63) is 47.4 Å². The molecule has 8 atom stereocenters. The number of hydrogen-bond donors (Lipinski definition) is 5. The number of anilines is 1. The van der Waals surface area contributed by atoms with Crippen molar-refractivity contribution < 1.29 is 25.2 Å². The molecule has 0 unspecified atom stereocenters. The third-order valence-corrected chi connectivity index (χ3v) is 10.6. The van der Waals surface area contributed by atoms with E-state index < -0.39 is 24.0 Å². The molecule has 210 valence electrons. The van der Waals surface area contributed by atoms with Crippen molar-refractivity contribution in [3.63, 3.8) is 0 Å². The number of nitrogens with zero attached hydrogens (tertiary/aromatic N) is 3. The number of aliphatic hydroxyl groups excluding tert-OH is 2. The van der Waals surface area contributed by atoms with Gasteiger partial charge in [-0.15, -0.1) is 0 Å². The lowest BCUT2D eigenvalue weighted by atomic mass is 9.53. The molecule has 40 heavy (non-hydrogen) atoms. The second-order valence-corrected chi connectivity index (χ2v) is 12.4. The molecule has 3 heterocycles. The second-order valence-electron chi connectivity index (χ2n) is 12.4. The summed E-state index contributed by atoms with van der Waals surface area (Å²) in [6, 6.07) is 5.82. The van der Waals surface area contributed by atoms with E-state index in [0.29, 0.717) is 58.8 Å². The first-order valence-electron chi connectivity index (χ1n) is 14.3. The van der Waals surface area contributed by atoms with Gasteiger partial charge in [0.25, 0.3) is 0 Å².